The molecule has 0 saturated carbocycles. The summed E-state index contributed by atoms with van der Waals surface area (Å²) in [6.07, 6.45) is 3.37. The molecule has 140 valence electrons. The van der Waals surface area contributed by atoms with Gasteiger partial charge in [0.1, 0.15) is 5.82 Å². The molecule has 1 saturated heterocycles. The fourth-order valence-corrected chi connectivity index (χ4v) is 4.12. The van der Waals surface area contributed by atoms with Crippen molar-refractivity contribution >= 4 is 45.0 Å². The number of amidine groups is 1. The van der Waals surface area contributed by atoms with Crippen LogP contribution >= 0.6 is 27.7 Å². The monoisotopic (exact) mass is 447 g/mol. The molecule has 0 N–H and O–H groups in total. The van der Waals surface area contributed by atoms with Crippen LogP contribution in [-0.4, -0.2) is 27.4 Å². The minimum atomic E-state index is -0.294. The van der Waals surface area contributed by atoms with Crippen LogP contribution in [0.2, 0.25) is 0 Å². The number of rotatable bonds is 6. The van der Waals surface area contributed by atoms with Crippen LogP contribution in [0.4, 0.5) is 4.39 Å². The molecular formula is C20H19BrFN3OS. The van der Waals surface area contributed by atoms with Gasteiger partial charge in [0.25, 0.3) is 0 Å². The van der Waals surface area contributed by atoms with Crippen LogP contribution in [0, 0.1) is 5.82 Å². The van der Waals surface area contributed by atoms with Crippen molar-refractivity contribution in [2.24, 2.45) is 10.2 Å². The fraction of sp³-hybridized carbons (Fsp3) is 0.250. The van der Waals surface area contributed by atoms with Crippen LogP contribution in [0.25, 0.3) is 0 Å². The van der Waals surface area contributed by atoms with Gasteiger partial charge in [-0.25, -0.2) is 4.39 Å². The number of thioether (sulfide) groups is 1. The van der Waals surface area contributed by atoms with E-state index in [0.717, 1.165) is 28.4 Å². The summed E-state index contributed by atoms with van der Waals surface area (Å²) in [5.74, 6) is -0.263. The Kier molecular flexibility index (Phi) is 6.79. The van der Waals surface area contributed by atoms with Gasteiger partial charge in [0.15, 0.2) is 5.17 Å². The molecule has 3 rings (SSSR count). The molecule has 4 nitrogen and oxygen atoms in total. The zero-order chi connectivity index (χ0) is 19.2. The van der Waals surface area contributed by atoms with Crippen LogP contribution in [0.1, 0.15) is 30.9 Å². The normalized spacial score (nSPS) is 18.8. The minimum Gasteiger partial charge on any atom is -0.284 e. The molecule has 0 radical (unpaired) electrons. The fourth-order valence-electron chi connectivity index (χ4n) is 2.64. The molecule has 1 amide bonds. The van der Waals surface area contributed by atoms with Gasteiger partial charge in [-0.2, -0.15) is 5.10 Å². The zero-order valence-electron chi connectivity index (χ0n) is 14.8. The van der Waals surface area contributed by atoms with Crippen LogP contribution < -0.4 is 0 Å². The lowest BCUT2D eigenvalue weighted by atomic mass is 10.2. The number of carbonyl (C=O) groups is 1. The predicted octanol–water partition coefficient (Wildman–Crippen LogP) is 5.22. The van der Waals surface area contributed by atoms with Gasteiger partial charge in [0, 0.05) is 4.47 Å². The van der Waals surface area contributed by atoms with Gasteiger partial charge in [-0.05, 0) is 41.8 Å². The van der Waals surface area contributed by atoms with E-state index in [0.29, 0.717) is 11.7 Å². The quantitative estimate of drug-likeness (QED) is 0.449. The molecule has 1 fully saturated rings. The highest BCUT2D eigenvalue weighted by atomic mass is 79.9. The first-order chi connectivity index (χ1) is 13.1. The summed E-state index contributed by atoms with van der Waals surface area (Å²) in [7, 11) is 0. The lowest BCUT2D eigenvalue weighted by Gasteiger charge is -2.15. The molecule has 7 heteroatoms. The summed E-state index contributed by atoms with van der Waals surface area (Å²) < 4.78 is 14.1. The molecule has 0 aromatic heterocycles. The third-order valence-corrected chi connectivity index (χ3v) is 5.81. The van der Waals surface area contributed by atoms with Crippen molar-refractivity contribution in [3.63, 3.8) is 0 Å². The Morgan fingerprint density at radius 1 is 1.19 bits per heavy atom. The Hall–Kier alpha value is -1.99. The molecule has 0 spiro atoms. The van der Waals surface area contributed by atoms with Gasteiger partial charge >= 0.3 is 0 Å². The average molecular weight is 448 g/mol. The standard InChI is InChI=1S/C20H19BrFN3OS/c1-2-3-18-19(26)25(13-15-6-10-17(22)11-7-15)20(27-18)24-23-12-14-4-8-16(21)9-5-14/h4-12,18H,2-3,13H2,1H3/b23-12-,24-20-/t18-/m1/s1. The second-order valence-electron chi connectivity index (χ2n) is 6.12. The van der Waals surface area contributed by atoms with Crippen LogP contribution in [-0.2, 0) is 11.3 Å². The highest BCUT2D eigenvalue weighted by Gasteiger charge is 2.37. The summed E-state index contributed by atoms with van der Waals surface area (Å²) in [5.41, 5.74) is 1.78. The van der Waals surface area contributed by atoms with Crippen molar-refractivity contribution in [3.8, 4) is 0 Å². The lowest BCUT2D eigenvalue weighted by molar-refractivity contribution is -0.126. The van der Waals surface area contributed by atoms with Crippen LogP contribution in [0.5, 0.6) is 0 Å². The van der Waals surface area contributed by atoms with Crippen molar-refractivity contribution in [1.82, 2.24) is 4.90 Å². The maximum atomic E-state index is 13.1. The van der Waals surface area contributed by atoms with Crippen molar-refractivity contribution in [2.45, 2.75) is 31.6 Å². The summed E-state index contributed by atoms with van der Waals surface area (Å²) in [6, 6.07) is 13.9. The Labute approximate surface area is 170 Å². The SMILES string of the molecule is CCC[C@H]1S/C(=N\N=C/c2ccc(Br)cc2)N(Cc2ccc(F)cc2)C1=O. The maximum Gasteiger partial charge on any atom is 0.242 e. The topological polar surface area (TPSA) is 45.0 Å². The molecule has 1 aliphatic heterocycles. The lowest BCUT2D eigenvalue weighted by Crippen LogP contribution is -2.31. The van der Waals surface area contributed by atoms with E-state index >= 15 is 0 Å². The van der Waals surface area contributed by atoms with E-state index in [4.69, 9.17) is 0 Å². The Balaban J connectivity index is 1.79. The van der Waals surface area contributed by atoms with Gasteiger partial charge < -0.3 is 0 Å². The molecular weight excluding hydrogens is 429 g/mol. The summed E-state index contributed by atoms with van der Waals surface area (Å²) in [6.45, 7) is 2.41. The number of carbonyl (C=O) groups excluding carboxylic acids is 1. The maximum absolute atomic E-state index is 13.1. The van der Waals surface area contributed by atoms with Gasteiger partial charge in [0.05, 0.1) is 18.0 Å². The largest absolute Gasteiger partial charge is 0.284 e. The average Bonchev–Trinajstić information content (AvgIpc) is 2.94. The van der Waals surface area contributed by atoms with Crippen molar-refractivity contribution in [2.75, 3.05) is 0 Å². The Morgan fingerprint density at radius 2 is 1.89 bits per heavy atom. The number of nitrogens with zero attached hydrogens (tertiary/aromatic N) is 3. The first kappa shape index (κ1) is 19.8. The second-order valence-corrected chi connectivity index (χ2v) is 8.21. The molecule has 1 atom stereocenters. The van der Waals surface area contributed by atoms with Gasteiger partial charge in [0.2, 0.25) is 5.91 Å². The minimum absolute atomic E-state index is 0.0313. The molecule has 1 heterocycles. The van der Waals surface area contributed by atoms with E-state index in [2.05, 4.69) is 33.1 Å². The summed E-state index contributed by atoms with van der Waals surface area (Å²) in [4.78, 5) is 14.4. The highest BCUT2D eigenvalue weighted by molar-refractivity contribution is 9.10. The zero-order valence-corrected chi connectivity index (χ0v) is 17.2. The van der Waals surface area contributed by atoms with Crippen molar-refractivity contribution in [3.05, 3.63) is 69.9 Å². The number of halogens is 2. The number of amides is 1. The molecule has 2 aromatic carbocycles. The second kappa shape index (κ2) is 9.28. The van der Waals surface area contributed by atoms with Gasteiger partial charge in [-0.15, -0.1) is 5.10 Å². The third kappa shape index (κ3) is 5.26. The number of hydrogen-bond donors (Lipinski definition) is 0. The van der Waals surface area contributed by atoms with Crippen LogP contribution in [0.15, 0.2) is 63.2 Å². The summed E-state index contributed by atoms with van der Waals surface area (Å²) in [5, 5.41) is 8.89. The number of hydrogen-bond acceptors (Lipinski definition) is 4. The van der Waals surface area contributed by atoms with Gasteiger partial charge in [-0.1, -0.05) is 65.3 Å². The molecule has 0 unspecified atom stereocenters. The van der Waals surface area contributed by atoms with Crippen molar-refractivity contribution in [1.29, 1.82) is 0 Å². The Bertz CT molecular complexity index is 853. The van der Waals surface area contributed by atoms with E-state index in [1.54, 1.807) is 23.2 Å². The third-order valence-electron chi connectivity index (χ3n) is 4.04. The molecule has 0 bridgehead atoms. The van der Waals surface area contributed by atoms with E-state index in [1.165, 1.54) is 23.9 Å². The molecule has 1 aliphatic rings. The van der Waals surface area contributed by atoms with E-state index in [9.17, 15) is 9.18 Å². The van der Waals surface area contributed by atoms with Crippen LogP contribution in [0.3, 0.4) is 0 Å². The van der Waals surface area contributed by atoms with E-state index in [1.807, 2.05) is 24.3 Å². The highest BCUT2D eigenvalue weighted by Crippen LogP contribution is 2.31. The summed E-state index contributed by atoms with van der Waals surface area (Å²) >= 11 is 4.84. The smallest absolute Gasteiger partial charge is 0.242 e. The molecule has 27 heavy (non-hydrogen) atoms. The molecule has 2 aromatic rings. The Morgan fingerprint density at radius 3 is 2.56 bits per heavy atom. The first-order valence-corrected chi connectivity index (χ1v) is 10.3. The predicted molar refractivity (Wildman–Crippen MR) is 112 cm³/mol. The van der Waals surface area contributed by atoms with Gasteiger partial charge in [-0.3, -0.25) is 9.69 Å². The van der Waals surface area contributed by atoms with E-state index < -0.39 is 0 Å². The van der Waals surface area contributed by atoms with Crippen molar-refractivity contribution < 1.29 is 9.18 Å². The molecule has 0 aliphatic carbocycles. The number of benzene rings is 2. The van der Waals surface area contributed by atoms with E-state index in [-0.39, 0.29) is 17.0 Å². The first-order valence-electron chi connectivity index (χ1n) is 8.66.